The number of likely N-dealkylation sites (tertiary alicyclic amines) is 1. The molecule has 2 aliphatic rings. The van der Waals surface area contributed by atoms with E-state index >= 15 is 0 Å². The lowest BCUT2D eigenvalue weighted by molar-refractivity contribution is 0.300. The molecular weight excluding hydrogens is 258 g/mol. The third-order valence-corrected chi connectivity index (χ3v) is 3.87. The Hall–Kier alpha value is -0.710. The van der Waals surface area contributed by atoms with E-state index in [0.717, 1.165) is 26.2 Å². The minimum absolute atomic E-state index is 0. The molecule has 0 unspecified atom stereocenters. The molecule has 2 heterocycles. The maximum absolute atomic E-state index is 13.5. The zero-order valence-corrected chi connectivity index (χ0v) is 10.9. The fourth-order valence-corrected chi connectivity index (χ4v) is 2.99. The molecule has 0 bridgehead atoms. The number of hydrogen-bond donors (Lipinski definition) is 1. The number of nitrogens with zero attached hydrogens (tertiary/aromatic N) is 1. The number of halogens is 3. The van der Waals surface area contributed by atoms with Gasteiger partial charge in [0.2, 0.25) is 0 Å². The van der Waals surface area contributed by atoms with Gasteiger partial charge in [0, 0.05) is 25.2 Å². The molecule has 2 aliphatic heterocycles. The Bertz CT molecular complexity index is 415. The summed E-state index contributed by atoms with van der Waals surface area (Å²) in [6, 6.07) is 3.69. The highest BCUT2D eigenvalue weighted by Crippen LogP contribution is 2.27. The molecule has 2 saturated heterocycles. The number of benzene rings is 1. The van der Waals surface area contributed by atoms with Gasteiger partial charge >= 0.3 is 0 Å². The number of rotatable bonds is 2. The fourth-order valence-electron chi connectivity index (χ4n) is 2.99. The van der Waals surface area contributed by atoms with E-state index in [1.165, 1.54) is 18.2 Å². The molecule has 2 nitrogen and oxygen atoms in total. The molecule has 0 aliphatic carbocycles. The van der Waals surface area contributed by atoms with Crippen LogP contribution in [0.4, 0.5) is 8.78 Å². The number of fused-ring (bicyclic) bond motifs is 1. The molecule has 1 aromatic rings. The van der Waals surface area contributed by atoms with Crippen molar-refractivity contribution in [2.24, 2.45) is 11.8 Å². The zero-order chi connectivity index (χ0) is 11.8. The van der Waals surface area contributed by atoms with Crippen LogP contribution >= 0.6 is 12.4 Å². The van der Waals surface area contributed by atoms with Gasteiger partial charge in [0.05, 0.1) is 0 Å². The molecule has 0 saturated carbocycles. The fraction of sp³-hybridized carbons (Fsp3) is 0.538. The molecule has 2 atom stereocenters. The van der Waals surface area contributed by atoms with E-state index in [9.17, 15) is 8.78 Å². The largest absolute Gasteiger partial charge is 0.316 e. The van der Waals surface area contributed by atoms with E-state index < -0.39 is 0 Å². The van der Waals surface area contributed by atoms with Gasteiger partial charge < -0.3 is 5.32 Å². The van der Waals surface area contributed by atoms with Gasteiger partial charge in [-0.15, -0.1) is 12.4 Å². The summed E-state index contributed by atoms with van der Waals surface area (Å²) in [6.45, 7) is 4.64. The number of hydrogen-bond acceptors (Lipinski definition) is 2. The van der Waals surface area contributed by atoms with Crippen molar-refractivity contribution in [3.05, 3.63) is 35.4 Å². The van der Waals surface area contributed by atoms with Crippen LogP contribution in [0.3, 0.4) is 0 Å². The van der Waals surface area contributed by atoms with Gasteiger partial charge in [-0.1, -0.05) is 0 Å². The summed E-state index contributed by atoms with van der Waals surface area (Å²) in [6.07, 6.45) is 0. The second kappa shape index (κ2) is 5.51. The highest BCUT2D eigenvalue weighted by molar-refractivity contribution is 5.85. The first kappa shape index (κ1) is 13.7. The maximum atomic E-state index is 13.5. The van der Waals surface area contributed by atoms with Crippen LogP contribution in [0.1, 0.15) is 5.56 Å². The Balaban J connectivity index is 0.00000120. The third-order valence-electron chi connectivity index (χ3n) is 3.87. The summed E-state index contributed by atoms with van der Waals surface area (Å²) in [5.74, 6) is 0.710. The van der Waals surface area contributed by atoms with Crippen LogP contribution in [0, 0.1) is 23.5 Å². The van der Waals surface area contributed by atoms with Gasteiger partial charge in [0.15, 0.2) is 0 Å². The van der Waals surface area contributed by atoms with Gasteiger partial charge in [-0.2, -0.15) is 0 Å². The molecule has 2 fully saturated rings. The van der Waals surface area contributed by atoms with Gasteiger partial charge in [-0.25, -0.2) is 8.78 Å². The van der Waals surface area contributed by atoms with Crippen molar-refractivity contribution in [2.75, 3.05) is 26.2 Å². The highest BCUT2D eigenvalue weighted by atomic mass is 35.5. The smallest absolute Gasteiger partial charge is 0.127 e. The summed E-state index contributed by atoms with van der Waals surface area (Å²) in [4.78, 5) is 2.23. The quantitative estimate of drug-likeness (QED) is 0.888. The van der Waals surface area contributed by atoms with E-state index in [0.29, 0.717) is 23.9 Å². The number of nitrogens with one attached hydrogen (secondary N) is 1. The molecule has 5 heteroatoms. The van der Waals surface area contributed by atoms with Gasteiger partial charge in [0.25, 0.3) is 0 Å². The molecule has 0 spiro atoms. The average Bonchev–Trinajstić information content (AvgIpc) is 2.83. The van der Waals surface area contributed by atoms with E-state index in [1.807, 2.05) is 0 Å². The standard InChI is InChI=1S/C13H16F2N2.ClH/c14-12-1-2-13(15)9(3-12)6-17-7-10-4-16-5-11(10)8-17;/h1-3,10-11,16H,4-8H2;1H/t10-,11+;. The van der Waals surface area contributed by atoms with Crippen molar-refractivity contribution in [1.29, 1.82) is 0 Å². The summed E-state index contributed by atoms with van der Waals surface area (Å²) >= 11 is 0. The van der Waals surface area contributed by atoms with Crippen LogP contribution < -0.4 is 5.32 Å². The van der Waals surface area contributed by atoms with Crippen LogP contribution in [0.15, 0.2) is 18.2 Å². The van der Waals surface area contributed by atoms with Gasteiger partial charge in [-0.05, 0) is 43.1 Å². The van der Waals surface area contributed by atoms with Crippen LogP contribution in [-0.4, -0.2) is 31.1 Å². The maximum Gasteiger partial charge on any atom is 0.127 e. The van der Waals surface area contributed by atoms with E-state index in [4.69, 9.17) is 0 Å². The van der Waals surface area contributed by atoms with Crippen LogP contribution in [0.5, 0.6) is 0 Å². The zero-order valence-electron chi connectivity index (χ0n) is 10.0. The molecule has 100 valence electrons. The Morgan fingerprint density at radius 2 is 1.83 bits per heavy atom. The van der Waals surface area contributed by atoms with E-state index in [-0.39, 0.29) is 24.0 Å². The molecular formula is C13H17ClF2N2. The Labute approximate surface area is 112 Å². The second-order valence-electron chi connectivity index (χ2n) is 5.11. The summed E-state index contributed by atoms with van der Waals surface area (Å²) in [5, 5.41) is 3.37. The normalized spacial score (nSPS) is 27.0. The first-order valence-corrected chi connectivity index (χ1v) is 6.09. The molecule has 1 N–H and O–H groups in total. The molecule has 1 aromatic carbocycles. The van der Waals surface area contributed by atoms with Crippen molar-refractivity contribution in [3.8, 4) is 0 Å². The molecule has 0 aromatic heterocycles. The molecule has 0 amide bonds. The average molecular weight is 275 g/mol. The van der Waals surface area contributed by atoms with Gasteiger partial charge in [-0.3, -0.25) is 4.90 Å². The second-order valence-corrected chi connectivity index (χ2v) is 5.11. The minimum Gasteiger partial charge on any atom is -0.316 e. The summed E-state index contributed by atoms with van der Waals surface area (Å²) < 4.78 is 26.6. The van der Waals surface area contributed by atoms with Gasteiger partial charge in [0.1, 0.15) is 11.6 Å². The van der Waals surface area contributed by atoms with Crippen LogP contribution in [-0.2, 0) is 6.54 Å². The molecule has 3 rings (SSSR count). The van der Waals surface area contributed by atoms with Crippen molar-refractivity contribution in [1.82, 2.24) is 10.2 Å². The van der Waals surface area contributed by atoms with Crippen LogP contribution in [0.25, 0.3) is 0 Å². The summed E-state index contributed by atoms with van der Waals surface area (Å²) in [7, 11) is 0. The third kappa shape index (κ3) is 2.66. The van der Waals surface area contributed by atoms with Crippen molar-refractivity contribution >= 4 is 12.4 Å². The Morgan fingerprint density at radius 3 is 2.50 bits per heavy atom. The Morgan fingerprint density at radius 1 is 1.17 bits per heavy atom. The first-order valence-electron chi connectivity index (χ1n) is 6.09. The van der Waals surface area contributed by atoms with E-state index in [2.05, 4.69) is 10.2 Å². The predicted octanol–water partition coefficient (Wildman–Crippen LogP) is 2.04. The van der Waals surface area contributed by atoms with Crippen LogP contribution in [0.2, 0.25) is 0 Å². The van der Waals surface area contributed by atoms with Crippen molar-refractivity contribution in [2.45, 2.75) is 6.54 Å². The Kier molecular flexibility index (Phi) is 4.20. The lowest BCUT2D eigenvalue weighted by Crippen LogP contribution is -2.25. The van der Waals surface area contributed by atoms with E-state index in [1.54, 1.807) is 0 Å². The highest BCUT2D eigenvalue weighted by Gasteiger charge is 2.35. The summed E-state index contributed by atoms with van der Waals surface area (Å²) in [5.41, 5.74) is 0.470. The SMILES string of the molecule is Cl.Fc1ccc(F)c(CN2C[C@H]3CNC[C@H]3C2)c1. The first-order chi connectivity index (χ1) is 8.22. The van der Waals surface area contributed by atoms with Crippen molar-refractivity contribution in [3.63, 3.8) is 0 Å². The monoisotopic (exact) mass is 274 g/mol. The predicted molar refractivity (Wildman–Crippen MR) is 68.7 cm³/mol. The van der Waals surface area contributed by atoms with Crippen molar-refractivity contribution < 1.29 is 8.78 Å². The lowest BCUT2D eigenvalue weighted by atomic mass is 10.0. The molecule has 18 heavy (non-hydrogen) atoms. The lowest BCUT2D eigenvalue weighted by Gasteiger charge is -2.17. The molecule has 0 radical (unpaired) electrons. The topological polar surface area (TPSA) is 15.3 Å². The minimum atomic E-state index is -0.359.